The average molecular weight is 220 g/mol. The second-order valence-electron chi connectivity index (χ2n) is 4.85. The van der Waals surface area contributed by atoms with E-state index < -0.39 is 0 Å². The minimum atomic E-state index is 0.694. The third-order valence-corrected chi connectivity index (χ3v) is 3.84. The molecule has 2 rings (SSSR count). The Bertz CT molecular complexity index is 356. The fourth-order valence-electron chi connectivity index (χ4n) is 2.91. The van der Waals surface area contributed by atoms with Crippen LogP contribution < -0.4 is 10.2 Å². The zero-order valence-electron chi connectivity index (χ0n) is 10.7. The fourth-order valence-corrected chi connectivity index (χ4v) is 2.91. The topological polar surface area (TPSA) is 21.1 Å². The Morgan fingerprint density at radius 3 is 2.75 bits per heavy atom. The van der Waals surface area contributed by atoms with Gasteiger partial charge in [-0.3, -0.25) is 0 Å². The molecule has 3 N–H and O–H groups in total. The first-order chi connectivity index (χ1) is 7.76. The highest BCUT2D eigenvalue weighted by Crippen LogP contribution is 2.18. The monoisotopic (exact) mass is 220 g/mol. The lowest BCUT2D eigenvalue weighted by Gasteiger charge is -2.30. The van der Waals surface area contributed by atoms with Crippen molar-refractivity contribution in [2.45, 2.75) is 33.4 Å². The first-order valence-electron chi connectivity index (χ1n) is 6.52. The van der Waals surface area contributed by atoms with Crippen molar-refractivity contribution < 1.29 is 10.2 Å². The van der Waals surface area contributed by atoms with Crippen LogP contribution >= 0.6 is 0 Å². The standard InChI is InChI=1S/C14H22N2/c1-4-16(5-2)14-10-15-9-12-8-11(3)6-7-13(12)14/h6-8,14-15H,4-5,9-10H2,1-3H3/p+2/t14-/m0/s1. The van der Waals surface area contributed by atoms with Crippen LogP contribution in [0.1, 0.15) is 36.6 Å². The smallest absolute Gasteiger partial charge is 0.163 e. The molecule has 2 nitrogen and oxygen atoms in total. The molecule has 1 atom stereocenters. The third kappa shape index (κ3) is 2.13. The number of quaternary nitrogens is 2. The van der Waals surface area contributed by atoms with Crippen molar-refractivity contribution in [1.82, 2.24) is 0 Å². The van der Waals surface area contributed by atoms with Crippen molar-refractivity contribution in [2.24, 2.45) is 0 Å². The maximum absolute atomic E-state index is 2.46. The first-order valence-corrected chi connectivity index (χ1v) is 6.52. The molecule has 0 bridgehead atoms. The lowest BCUT2D eigenvalue weighted by atomic mass is 9.94. The summed E-state index contributed by atoms with van der Waals surface area (Å²) in [5, 5.41) is 2.46. The van der Waals surface area contributed by atoms with Crippen molar-refractivity contribution in [3.05, 3.63) is 34.9 Å². The lowest BCUT2D eigenvalue weighted by molar-refractivity contribution is -0.945. The van der Waals surface area contributed by atoms with E-state index in [1.54, 1.807) is 16.0 Å². The lowest BCUT2D eigenvalue weighted by Crippen LogP contribution is -3.14. The normalized spacial score (nSPS) is 19.9. The van der Waals surface area contributed by atoms with Gasteiger partial charge in [0.05, 0.1) is 13.1 Å². The van der Waals surface area contributed by atoms with Crippen molar-refractivity contribution in [3.8, 4) is 0 Å². The summed E-state index contributed by atoms with van der Waals surface area (Å²) in [4.78, 5) is 1.71. The molecule has 0 amide bonds. The Labute approximate surface area is 98.7 Å². The molecule has 0 radical (unpaired) electrons. The van der Waals surface area contributed by atoms with E-state index in [-0.39, 0.29) is 0 Å². The van der Waals surface area contributed by atoms with Gasteiger partial charge >= 0.3 is 0 Å². The van der Waals surface area contributed by atoms with Gasteiger partial charge in [0, 0.05) is 11.1 Å². The number of likely N-dealkylation sites (N-methyl/N-ethyl adjacent to an activating group) is 1. The van der Waals surface area contributed by atoms with E-state index in [1.165, 1.54) is 25.2 Å². The van der Waals surface area contributed by atoms with E-state index in [4.69, 9.17) is 0 Å². The molecule has 0 spiro atoms. The quantitative estimate of drug-likeness (QED) is 0.718. The summed E-state index contributed by atoms with van der Waals surface area (Å²) in [6.45, 7) is 11.6. The van der Waals surface area contributed by atoms with Gasteiger partial charge < -0.3 is 10.2 Å². The van der Waals surface area contributed by atoms with Crippen LogP contribution in [-0.4, -0.2) is 19.6 Å². The predicted octanol–water partition coefficient (Wildman–Crippen LogP) is 0.0378. The van der Waals surface area contributed by atoms with Gasteiger partial charge in [-0.25, -0.2) is 0 Å². The van der Waals surface area contributed by atoms with Gasteiger partial charge in [-0.05, 0) is 26.8 Å². The van der Waals surface area contributed by atoms with E-state index in [0.717, 1.165) is 6.54 Å². The maximum Gasteiger partial charge on any atom is 0.163 e. The van der Waals surface area contributed by atoms with E-state index >= 15 is 0 Å². The fraction of sp³-hybridized carbons (Fsp3) is 0.571. The molecule has 16 heavy (non-hydrogen) atoms. The van der Waals surface area contributed by atoms with Gasteiger partial charge in [0.1, 0.15) is 13.1 Å². The SMILES string of the molecule is CC[NH+](CC)[C@H]1C[NH2+]Cc2cc(C)ccc21. The Hall–Kier alpha value is -0.860. The molecule has 0 saturated carbocycles. The summed E-state index contributed by atoms with van der Waals surface area (Å²) >= 11 is 0. The number of benzene rings is 1. The molecule has 0 aromatic heterocycles. The number of aryl methyl sites for hydroxylation is 1. The second-order valence-corrected chi connectivity index (χ2v) is 4.85. The highest BCUT2D eigenvalue weighted by atomic mass is 15.2. The molecule has 1 aromatic rings. The van der Waals surface area contributed by atoms with Gasteiger partial charge in [-0.15, -0.1) is 0 Å². The van der Waals surface area contributed by atoms with Crippen LogP contribution in [0.25, 0.3) is 0 Å². The summed E-state index contributed by atoms with van der Waals surface area (Å²) in [5.41, 5.74) is 4.53. The first kappa shape index (κ1) is 11.6. The minimum Gasteiger partial charge on any atom is -0.337 e. The Morgan fingerprint density at radius 2 is 2.06 bits per heavy atom. The number of nitrogens with two attached hydrogens (primary N) is 1. The van der Waals surface area contributed by atoms with Crippen LogP contribution in [0.3, 0.4) is 0 Å². The van der Waals surface area contributed by atoms with E-state index in [9.17, 15) is 0 Å². The molecule has 0 fully saturated rings. The molecule has 1 heterocycles. The summed E-state index contributed by atoms with van der Waals surface area (Å²) in [5.74, 6) is 0. The maximum atomic E-state index is 2.46. The molecule has 1 aromatic carbocycles. The van der Waals surface area contributed by atoms with Crippen LogP contribution in [0, 0.1) is 6.92 Å². The van der Waals surface area contributed by atoms with E-state index in [1.807, 2.05) is 0 Å². The minimum absolute atomic E-state index is 0.694. The number of hydrogen-bond donors (Lipinski definition) is 2. The van der Waals surface area contributed by atoms with Crippen molar-refractivity contribution in [3.63, 3.8) is 0 Å². The van der Waals surface area contributed by atoms with E-state index in [0.29, 0.717) is 6.04 Å². The van der Waals surface area contributed by atoms with Crippen LogP contribution in [0.4, 0.5) is 0 Å². The Kier molecular flexibility index (Phi) is 3.62. The predicted molar refractivity (Wildman–Crippen MR) is 66.5 cm³/mol. The third-order valence-electron chi connectivity index (χ3n) is 3.84. The molecule has 88 valence electrons. The van der Waals surface area contributed by atoms with Gasteiger partial charge in [-0.2, -0.15) is 0 Å². The molecule has 0 unspecified atom stereocenters. The highest BCUT2D eigenvalue weighted by molar-refractivity contribution is 5.33. The molecule has 2 heteroatoms. The van der Waals surface area contributed by atoms with Gasteiger partial charge in [0.15, 0.2) is 6.04 Å². The molecular formula is C14H24N2+2. The summed E-state index contributed by atoms with van der Waals surface area (Å²) < 4.78 is 0. The summed E-state index contributed by atoms with van der Waals surface area (Å²) in [6, 6.07) is 7.67. The molecule has 1 aliphatic rings. The van der Waals surface area contributed by atoms with Crippen molar-refractivity contribution in [1.29, 1.82) is 0 Å². The summed E-state index contributed by atoms with van der Waals surface area (Å²) in [6.07, 6.45) is 0. The van der Waals surface area contributed by atoms with E-state index in [2.05, 4.69) is 44.3 Å². The van der Waals surface area contributed by atoms with Gasteiger partial charge in [-0.1, -0.05) is 17.7 Å². The molecular weight excluding hydrogens is 196 g/mol. The summed E-state index contributed by atoms with van der Waals surface area (Å²) in [7, 11) is 0. The molecule has 1 aliphatic heterocycles. The second kappa shape index (κ2) is 4.98. The number of hydrogen-bond acceptors (Lipinski definition) is 0. The largest absolute Gasteiger partial charge is 0.337 e. The number of nitrogens with one attached hydrogen (secondary N) is 1. The van der Waals surface area contributed by atoms with Crippen LogP contribution in [0.15, 0.2) is 18.2 Å². The average Bonchev–Trinajstić information content (AvgIpc) is 2.30. The zero-order chi connectivity index (χ0) is 11.5. The van der Waals surface area contributed by atoms with Crippen LogP contribution in [-0.2, 0) is 6.54 Å². The van der Waals surface area contributed by atoms with Crippen LogP contribution in [0.5, 0.6) is 0 Å². The van der Waals surface area contributed by atoms with Crippen molar-refractivity contribution in [2.75, 3.05) is 19.6 Å². The Morgan fingerprint density at radius 1 is 1.31 bits per heavy atom. The number of fused-ring (bicyclic) bond motifs is 1. The molecule has 0 aliphatic carbocycles. The highest BCUT2D eigenvalue weighted by Gasteiger charge is 2.29. The van der Waals surface area contributed by atoms with Gasteiger partial charge in [0.25, 0.3) is 0 Å². The zero-order valence-corrected chi connectivity index (χ0v) is 10.7. The van der Waals surface area contributed by atoms with Crippen LogP contribution in [0.2, 0.25) is 0 Å². The van der Waals surface area contributed by atoms with Gasteiger partial charge in [0.2, 0.25) is 0 Å². The number of rotatable bonds is 3. The Balaban J connectivity index is 2.32. The molecule has 0 saturated heterocycles. The van der Waals surface area contributed by atoms with Crippen molar-refractivity contribution >= 4 is 0 Å².